The van der Waals surface area contributed by atoms with Gasteiger partial charge in [-0.1, -0.05) is 17.7 Å². The lowest BCUT2D eigenvalue weighted by Crippen LogP contribution is -2.03. The molecule has 3 N–H and O–H groups in total. The summed E-state index contributed by atoms with van der Waals surface area (Å²) in [5, 5.41) is 1.80. The van der Waals surface area contributed by atoms with E-state index in [0.29, 0.717) is 6.54 Å². The van der Waals surface area contributed by atoms with Crippen LogP contribution in [0.5, 0.6) is 0 Å². The van der Waals surface area contributed by atoms with E-state index in [1.54, 1.807) is 0 Å². The molecule has 0 fully saturated rings. The number of aromatic nitrogens is 1. The fourth-order valence-corrected chi connectivity index (χ4v) is 2.64. The number of rotatable bonds is 2. The Hall–Kier alpha value is -0.510. The summed E-state index contributed by atoms with van der Waals surface area (Å²) in [7, 11) is 0. The zero-order valence-electron chi connectivity index (χ0n) is 7.48. The fourth-order valence-electron chi connectivity index (χ4n) is 1.54. The van der Waals surface area contributed by atoms with Crippen LogP contribution in [0.25, 0.3) is 10.9 Å². The molecule has 0 radical (unpaired) electrons. The first kappa shape index (κ1) is 10.0. The maximum absolute atomic E-state index is 6.09. The number of hydrogen-bond donors (Lipinski definition) is 2. The van der Waals surface area contributed by atoms with E-state index in [1.807, 2.05) is 18.2 Å². The highest BCUT2D eigenvalue weighted by molar-refractivity contribution is 9.10. The minimum Gasteiger partial charge on any atom is -0.357 e. The summed E-state index contributed by atoms with van der Waals surface area (Å²) < 4.78 is 1.03. The van der Waals surface area contributed by atoms with Gasteiger partial charge >= 0.3 is 0 Å². The van der Waals surface area contributed by atoms with Gasteiger partial charge in [0, 0.05) is 27.5 Å². The zero-order valence-corrected chi connectivity index (χ0v) is 9.82. The third-order valence-corrected chi connectivity index (χ3v) is 3.37. The van der Waals surface area contributed by atoms with Crippen molar-refractivity contribution < 1.29 is 0 Å². The minimum absolute atomic E-state index is 0.628. The molecule has 0 unspecified atom stereocenters. The van der Waals surface area contributed by atoms with Gasteiger partial charge in [0.05, 0.1) is 5.02 Å². The zero-order chi connectivity index (χ0) is 10.1. The van der Waals surface area contributed by atoms with Gasteiger partial charge in [0.2, 0.25) is 0 Å². The second kappa shape index (κ2) is 3.93. The van der Waals surface area contributed by atoms with E-state index in [9.17, 15) is 0 Å². The van der Waals surface area contributed by atoms with Gasteiger partial charge in [0.15, 0.2) is 0 Å². The van der Waals surface area contributed by atoms with Gasteiger partial charge < -0.3 is 10.7 Å². The van der Waals surface area contributed by atoms with Crippen LogP contribution in [0.3, 0.4) is 0 Å². The standard InChI is InChI=1S/C10H10BrClN2/c11-10-8(4-5-13)14-7-3-1-2-6(12)9(7)10/h1-3,14H,4-5,13H2. The molecule has 0 spiro atoms. The van der Waals surface area contributed by atoms with Crippen molar-refractivity contribution in [3.05, 3.63) is 33.4 Å². The molecule has 2 rings (SSSR count). The highest BCUT2D eigenvalue weighted by Gasteiger charge is 2.10. The molecule has 74 valence electrons. The Kier molecular flexibility index (Phi) is 2.81. The average Bonchev–Trinajstić information content (AvgIpc) is 2.46. The lowest BCUT2D eigenvalue weighted by molar-refractivity contribution is 0.934. The second-order valence-corrected chi connectivity index (χ2v) is 4.32. The van der Waals surface area contributed by atoms with Crippen LogP contribution in [0.1, 0.15) is 5.69 Å². The Morgan fingerprint density at radius 2 is 2.21 bits per heavy atom. The van der Waals surface area contributed by atoms with E-state index in [4.69, 9.17) is 17.3 Å². The van der Waals surface area contributed by atoms with Crippen LogP contribution in [0, 0.1) is 0 Å². The second-order valence-electron chi connectivity index (χ2n) is 3.12. The smallest absolute Gasteiger partial charge is 0.0511 e. The highest BCUT2D eigenvalue weighted by Crippen LogP contribution is 2.33. The summed E-state index contributed by atoms with van der Waals surface area (Å²) in [6.07, 6.45) is 0.825. The van der Waals surface area contributed by atoms with Gasteiger partial charge in [0.1, 0.15) is 0 Å². The van der Waals surface area contributed by atoms with Crippen LogP contribution in [-0.2, 0) is 6.42 Å². The number of aromatic amines is 1. The van der Waals surface area contributed by atoms with Crippen molar-refractivity contribution in [3.63, 3.8) is 0 Å². The van der Waals surface area contributed by atoms with E-state index in [1.165, 1.54) is 0 Å². The molecule has 14 heavy (non-hydrogen) atoms. The molecule has 0 aliphatic heterocycles. The lowest BCUT2D eigenvalue weighted by atomic mass is 10.2. The molecule has 2 nitrogen and oxygen atoms in total. The molecule has 0 bridgehead atoms. The van der Waals surface area contributed by atoms with Gasteiger partial charge in [-0.2, -0.15) is 0 Å². The molecule has 1 aromatic heterocycles. The monoisotopic (exact) mass is 272 g/mol. The predicted molar refractivity (Wildman–Crippen MR) is 63.8 cm³/mol. The molecule has 0 amide bonds. The SMILES string of the molecule is NCCc1[nH]c2cccc(Cl)c2c1Br. The van der Waals surface area contributed by atoms with Gasteiger partial charge in [-0.05, 0) is 34.6 Å². The minimum atomic E-state index is 0.628. The highest BCUT2D eigenvalue weighted by atomic mass is 79.9. The van der Waals surface area contributed by atoms with E-state index >= 15 is 0 Å². The molecule has 0 aliphatic carbocycles. The van der Waals surface area contributed by atoms with E-state index in [0.717, 1.165) is 32.5 Å². The van der Waals surface area contributed by atoms with Crippen molar-refractivity contribution in [1.29, 1.82) is 0 Å². The number of nitrogens with one attached hydrogen (secondary N) is 1. The lowest BCUT2D eigenvalue weighted by Gasteiger charge is -1.94. The quantitative estimate of drug-likeness (QED) is 0.867. The van der Waals surface area contributed by atoms with E-state index in [2.05, 4.69) is 20.9 Å². The Balaban J connectivity index is 2.68. The first-order valence-electron chi connectivity index (χ1n) is 4.38. The van der Waals surface area contributed by atoms with Crippen LogP contribution in [-0.4, -0.2) is 11.5 Å². The number of hydrogen-bond acceptors (Lipinski definition) is 1. The van der Waals surface area contributed by atoms with Crippen LogP contribution in [0.2, 0.25) is 5.02 Å². The van der Waals surface area contributed by atoms with Gasteiger partial charge in [0.25, 0.3) is 0 Å². The van der Waals surface area contributed by atoms with Crippen LogP contribution < -0.4 is 5.73 Å². The Morgan fingerprint density at radius 3 is 2.86 bits per heavy atom. The van der Waals surface area contributed by atoms with Gasteiger partial charge in [-0.15, -0.1) is 0 Å². The summed E-state index contributed by atoms with van der Waals surface area (Å²) in [5.41, 5.74) is 7.67. The molecular formula is C10H10BrClN2. The molecule has 2 aromatic rings. The molecule has 4 heteroatoms. The number of halogens is 2. The normalized spacial score (nSPS) is 11.1. The molecule has 1 heterocycles. The van der Waals surface area contributed by atoms with Crippen LogP contribution in [0.4, 0.5) is 0 Å². The summed E-state index contributed by atoms with van der Waals surface area (Å²) in [5.74, 6) is 0. The molecule has 0 aliphatic rings. The first-order chi connectivity index (χ1) is 6.74. The average molecular weight is 274 g/mol. The van der Waals surface area contributed by atoms with Gasteiger partial charge in [-0.25, -0.2) is 0 Å². The van der Waals surface area contributed by atoms with Crippen molar-refractivity contribution >= 4 is 38.4 Å². The molecular weight excluding hydrogens is 263 g/mol. The summed E-state index contributed by atoms with van der Waals surface area (Å²) in [6.45, 7) is 0.628. The number of fused-ring (bicyclic) bond motifs is 1. The summed E-state index contributed by atoms with van der Waals surface area (Å²) >= 11 is 9.63. The van der Waals surface area contributed by atoms with Crippen LogP contribution in [0.15, 0.2) is 22.7 Å². The molecule has 0 saturated heterocycles. The Morgan fingerprint density at radius 1 is 1.43 bits per heavy atom. The maximum atomic E-state index is 6.09. The number of benzene rings is 1. The number of H-pyrrole nitrogens is 1. The van der Waals surface area contributed by atoms with Gasteiger partial charge in [-0.3, -0.25) is 0 Å². The van der Waals surface area contributed by atoms with Crippen molar-refractivity contribution in [3.8, 4) is 0 Å². The van der Waals surface area contributed by atoms with Crippen molar-refractivity contribution in [2.45, 2.75) is 6.42 Å². The topological polar surface area (TPSA) is 41.8 Å². The maximum Gasteiger partial charge on any atom is 0.0511 e. The van der Waals surface area contributed by atoms with Crippen molar-refractivity contribution in [1.82, 2.24) is 4.98 Å². The third-order valence-electron chi connectivity index (χ3n) is 2.18. The Bertz CT molecular complexity index is 464. The van der Waals surface area contributed by atoms with Crippen molar-refractivity contribution in [2.24, 2.45) is 5.73 Å². The summed E-state index contributed by atoms with van der Waals surface area (Å²) in [4.78, 5) is 3.29. The number of nitrogens with two attached hydrogens (primary N) is 1. The molecule has 0 saturated carbocycles. The largest absolute Gasteiger partial charge is 0.357 e. The molecule has 0 atom stereocenters. The molecule has 1 aromatic carbocycles. The van der Waals surface area contributed by atoms with Crippen LogP contribution >= 0.6 is 27.5 Å². The predicted octanol–water partition coefficient (Wildman–Crippen LogP) is 3.09. The van der Waals surface area contributed by atoms with E-state index in [-0.39, 0.29) is 0 Å². The Labute approximate surface area is 95.6 Å². The summed E-state index contributed by atoms with van der Waals surface area (Å²) in [6, 6.07) is 5.82. The van der Waals surface area contributed by atoms with E-state index < -0.39 is 0 Å². The third kappa shape index (κ3) is 1.56. The fraction of sp³-hybridized carbons (Fsp3) is 0.200. The first-order valence-corrected chi connectivity index (χ1v) is 5.55. The van der Waals surface area contributed by atoms with Crippen molar-refractivity contribution in [2.75, 3.05) is 6.54 Å².